The minimum absolute atomic E-state index is 0.0672. The number of amides is 1. The van der Waals surface area contributed by atoms with Gasteiger partial charge < -0.3 is 9.88 Å². The largest absolute Gasteiger partial charge is 0.347 e. The summed E-state index contributed by atoms with van der Waals surface area (Å²) in [4.78, 5) is 25.5. The van der Waals surface area contributed by atoms with Crippen molar-refractivity contribution in [2.75, 3.05) is 6.54 Å². The highest BCUT2D eigenvalue weighted by atomic mass is 16.2. The summed E-state index contributed by atoms with van der Waals surface area (Å²) in [6.07, 6.45) is 7.61. The van der Waals surface area contributed by atoms with Gasteiger partial charge >= 0.3 is 0 Å². The van der Waals surface area contributed by atoms with Gasteiger partial charge in [0.1, 0.15) is 5.69 Å². The lowest BCUT2D eigenvalue weighted by Crippen LogP contribution is -2.34. The third kappa shape index (κ3) is 3.42. The molecule has 1 N–H and O–H groups in total. The standard InChI is InChI=1S/C20H24N2O2/c1-2-12-21-19(23)18-13-16-10-6-7-11-17(16)20(24)22(18)14-15-8-4-3-5-9-15/h2,6-7,10-11,13,15H,1,3-5,8-9,12,14H2,(H,21,23). The molecule has 4 nitrogen and oxygen atoms in total. The zero-order chi connectivity index (χ0) is 16.9. The number of aromatic nitrogens is 1. The molecule has 0 atom stereocenters. The molecule has 0 aliphatic heterocycles. The van der Waals surface area contributed by atoms with E-state index in [1.54, 1.807) is 10.6 Å². The Morgan fingerprint density at radius 3 is 2.75 bits per heavy atom. The predicted molar refractivity (Wildman–Crippen MR) is 97.3 cm³/mol. The Hall–Kier alpha value is -2.36. The summed E-state index contributed by atoms with van der Waals surface area (Å²) in [7, 11) is 0. The van der Waals surface area contributed by atoms with Crippen LogP contribution in [0.15, 0.2) is 47.8 Å². The van der Waals surface area contributed by atoms with Crippen molar-refractivity contribution in [3.8, 4) is 0 Å². The van der Waals surface area contributed by atoms with Crippen LogP contribution in [0.2, 0.25) is 0 Å². The van der Waals surface area contributed by atoms with Crippen molar-refractivity contribution < 1.29 is 4.79 Å². The van der Waals surface area contributed by atoms with Crippen LogP contribution in [0.3, 0.4) is 0 Å². The van der Waals surface area contributed by atoms with Crippen LogP contribution in [-0.4, -0.2) is 17.0 Å². The van der Waals surface area contributed by atoms with E-state index in [0.717, 1.165) is 18.2 Å². The van der Waals surface area contributed by atoms with Crippen LogP contribution in [0, 0.1) is 5.92 Å². The zero-order valence-electron chi connectivity index (χ0n) is 14.0. The first-order chi connectivity index (χ1) is 11.7. The molecule has 1 fully saturated rings. The number of hydrogen-bond donors (Lipinski definition) is 1. The van der Waals surface area contributed by atoms with E-state index in [-0.39, 0.29) is 11.5 Å². The lowest BCUT2D eigenvalue weighted by molar-refractivity contribution is 0.0945. The Bertz CT molecular complexity index is 801. The summed E-state index contributed by atoms with van der Waals surface area (Å²) < 4.78 is 1.68. The first-order valence-corrected chi connectivity index (χ1v) is 8.72. The highest BCUT2D eigenvalue weighted by Crippen LogP contribution is 2.25. The quantitative estimate of drug-likeness (QED) is 0.856. The van der Waals surface area contributed by atoms with Crippen molar-refractivity contribution in [1.29, 1.82) is 0 Å². The van der Waals surface area contributed by atoms with E-state index in [1.807, 2.05) is 30.3 Å². The molecule has 4 heteroatoms. The molecule has 3 rings (SSSR count). The fraction of sp³-hybridized carbons (Fsp3) is 0.400. The summed E-state index contributed by atoms with van der Waals surface area (Å²) in [5.41, 5.74) is 0.383. The number of benzene rings is 1. The minimum Gasteiger partial charge on any atom is -0.347 e. The van der Waals surface area contributed by atoms with E-state index in [4.69, 9.17) is 0 Å². The van der Waals surface area contributed by atoms with Gasteiger partial charge in [-0.25, -0.2) is 0 Å². The molecule has 24 heavy (non-hydrogen) atoms. The summed E-state index contributed by atoms with van der Waals surface area (Å²) in [5, 5.41) is 4.29. The fourth-order valence-electron chi connectivity index (χ4n) is 3.55. The van der Waals surface area contributed by atoms with Crippen molar-refractivity contribution in [2.24, 2.45) is 5.92 Å². The number of fused-ring (bicyclic) bond motifs is 1. The first kappa shape index (κ1) is 16.5. The van der Waals surface area contributed by atoms with E-state index >= 15 is 0 Å². The van der Waals surface area contributed by atoms with Gasteiger partial charge in [-0.2, -0.15) is 0 Å². The Labute approximate surface area is 142 Å². The topological polar surface area (TPSA) is 51.1 Å². The van der Waals surface area contributed by atoms with Crippen molar-refractivity contribution in [3.05, 3.63) is 59.0 Å². The monoisotopic (exact) mass is 324 g/mol. The molecule has 0 unspecified atom stereocenters. The number of carbonyl (C=O) groups is 1. The highest BCUT2D eigenvalue weighted by Gasteiger charge is 2.20. The minimum atomic E-state index is -0.214. The van der Waals surface area contributed by atoms with Gasteiger partial charge in [-0.1, -0.05) is 43.5 Å². The summed E-state index contributed by atoms with van der Waals surface area (Å²) in [5.74, 6) is 0.261. The highest BCUT2D eigenvalue weighted by molar-refractivity contribution is 5.96. The maximum atomic E-state index is 13.0. The maximum Gasteiger partial charge on any atom is 0.268 e. The molecule has 1 aliphatic carbocycles. The third-order valence-corrected chi connectivity index (χ3v) is 4.82. The van der Waals surface area contributed by atoms with Crippen LogP contribution in [0.25, 0.3) is 10.8 Å². The van der Waals surface area contributed by atoms with Crippen LogP contribution < -0.4 is 10.9 Å². The van der Waals surface area contributed by atoms with Crippen LogP contribution in [0.4, 0.5) is 0 Å². The number of nitrogens with one attached hydrogen (secondary N) is 1. The van der Waals surface area contributed by atoms with Gasteiger partial charge in [-0.15, -0.1) is 6.58 Å². The molecule has 1 saturated carbocycles. The number of hydrogen-bond acceptors (Lipinski definition) is 2. The third-order valence-electron chi connectivity index (χ3n) is 4.82. The maximum absolute atomic E-state index is 13.0. The molecule has 2 aromatic rings. The molecule has 1 aromatic heterocycles. The predicted octanol–water partition coefficient (Wildman–Crippen LogP) is 3.50. The second-order valence-electron chi connectivity index (χ2n) is 6.54. The van der Waals surface area contributed by atoms with Gasteiger partial charge in [0.05, 0.1) is 0 Å². The van der Waals surface area contributed by atoms with Crippen LogP contribution >= 0.6 is 0 Å². The Morgan fingerprint density at radius 1 is 1.25 bits per heavy atom. The molecule has 0 saturated heterocycles. The summed E-state index contributed by atoms with van der Waals surface area (Å²) in [6, 6.07) is 9.30. The van der Waals surface area contributed by atoms with E-state index in [2.05, 4.69) is 11.9 Å². The number of pyridine rings is 1. The van der Waals surface area contributed by atoms with Gasteiger partial charge in [0.2, 0.25) is 0 Å². The van der Waals surface area contributed by atoms with Crippen molar-refractivity contribution >= 4 is 16.7 Å². The molecule has 1 heterocycles. The fourth-order valence-corrected chi connectivity index (χ4v) is 3.55. The second kappa shape index (κ2) is 7.47. The van der Waals surface area contributed by atoms with E-state index in [9.17, 15) is 9.59 Å². The van der Waals surface area contributed by atoms with Crippen molar-refractivity contribution in [1.82, 2.24) is 9.88 Å². The van der Waals surface area contributed by atoms with Crippen molar-refractivity contribution in [3.63, 3.8) is 0 Å². The number of carbonyl (C=O) groups excluding carboxylic acids is 1. The van der Waals surface area contributed by atoms with E-state index in [1.165, 1.54) is 19.3 Å². The molecule has 1 aromatic carbocycles. The van der Waals surface area contributed by atoms with Gasteiger partial charge in [0, 0.05) is 18.5 Å². The average molecular weight is 324 g/mol. The van der Waals surface area contributed by atoms with Gasteiger partial charge in [0.25, 0.3) is 11.5 Å². The number of rotatable bonds is 5. The Morgan fingerprint density at radius 2 is 2.00 bits per heavy atom. The number of nitrogens with zero attached hydrogens (tertiary/aromatic N) is 1. The van der Waals surface area contributed by atoms with Crippen LogP contribution in [0.5, 0.6) is 0 Å². The van der Waals surface area contributed by atoms with Gasteiger partial charge in [0.15, 0.2) is 0 Å². The molecular formula is C20H24N2O2. The lowest BCUT2D eigenvalue weighted by atomic mass is 9.89. The molecule has 0 radical (unpaired) electrons. The van der Waals surface area contributed by atoms with Gasteiger partial charge in [-0.3, -0.25) is 9.59 Å². The van der Waals surface area contributed by atoms with E-state index < -0.39 is 0 Å². The molecular weight excluding hydrogens is 300 g/mol. The Balaban J connectivity index is 2.04. The molecule has 0 bridgehead atoms. The van der Waals surface area contributed by atoms with Crippen LogP contribution in [-0.2, 0) is 6.54 Å². The molecule has 126 valence electrons. The SMILES string of the molecule is C=CCNC(=O)c1cc2ccccc2c(=O)n1CC1CCCCC1. The van der Waals surface area contributed by atoms with Crippen LogP contribution in [0.1, 0.15) is 42.6 Å². The summed E-state index contributed by atoms with van der Waals surface area (Å²) in [6.45, 7) is 4.64. The molecule has 0 spiro atoms. The molecule has 1 aliphatic rings. The van der Waals surface area contributed by atoms with Crippen molar-refractivity contribution in [2.45, 2.75) is 38.6 Å². The smallest absolute Gasteiger partial charge is 0.268 e. The Kier molecular flexibility index (Phi) is 5.14. The molecule has 1 amide bonds. The zero-order valence-corrected chi connectivity index (χ0v) is 14.0. The average Bonchev–Trinajstić information content (AvgIpc) is 2.63. The second-order valence-corrected chi connectivity index (χ2v) is 6.54. The first-order valence-electron chi connectivity index (χ1n) is 8.72. The summed E-state index contributed by atoms with van der Waals surface area (Å²) >= 11 is 0. The van der Waals surface area contributed by atoms with Gasteiger partial charge in [-0.05, 0) is 36.3 Å². The normalized spacial score (nSPS) is 15.3. The lowest BCUT2D eigenvalue weighted by Gasteiger charge is -2.24. The van der Waals surface area contributed by atoms with E-state index in [0.29, 0.717) is 30.1 Å².